The molecule has 0 heterocycles. The van der Waals surface area contributed by atoms with Gasteiger partial charge in [-0.05, 0) is 31.1 Å². The van der Waals surface area contributed by atoms with E-state index in [0.29, 0.717) is 11.8 Å². The summed E-state index contributed by atoms with van der Waals surface area (Å²) in [5.74, 6) is 0.986. The molecule has 0 unspecified atom stereocenters. The maximum absolute atomic E-state index is 11.3. The van der Waals surface area contributed by atoms with Crippen LogP contribution in [0.4, 0.5) is 0 Å². The van der Waals surface area contributed by atoms with Crippen LogP contribution in [0.5, 0.6) is 0 Å². The molecule has 4 atom stereocenters. The Morgan fingerprint density at radius 2 is 2.08 bits per heavy atom. The average molecular weight is 169 g/mol. The van der Waals surface area contributed by atoms with Crippen LogP contribution in [0.3, 0.4) is 0 Å². The van der Waals surface area contributed by atoms with E-state index >= 15 is 0 Å². The van der Waals surface area contributed by atoms with Gasteiger partial charge in [0.2, 0.25) is 0 Å². The largest absolute Gasteiger partial charge is 0.469 e. The van der Waals surface area contributed by atoms with E-state index in [0.717, 1.165) is 12.8 Å². The summed E-state index contributed by atoms with van der Waals surface area (Å²) in [5, 5.41) is 0. The number of ether oxygens (including phenoxy) is 1. The van der Waals surface area contributed by atoms with E-state index in [2.05, 4.69) is 0 Å². The van der Waals surface area contributed by atoms with Crippen LogP contribution in [0.15, 0.2) is 0 Å². The number of carbonyl (C=O) groups is 1. The topological polar surface area (TPSA) is 52.3 Å². The third-order valence-electron chi connectivity index (χ3n) is 3.45. The molecule has 2 N–H and O–H groups in total. The van der Waals surface area contributed by atoms with Gasteiger partial charge in [-0.2, -0.15) is 0 Å². The number of carbonyl (C=O) groups excluding carboxylic acids is 1. The molecule has 0 aromatic rings. The van der Waals surface area contributed by atoms with Gasteiger partial charge in [-0.15, -0.1) is 0 Å². The maximum Gasteiger partial charge on any atom is 0.310 e. The first-order valence-electron chi connectivity index (χ1n) is 4.57. The van der Waals surface area contributed by atoms with E-state index in [1.165, 1.54) is 13.5 Å². The molecule has 2 fully saturated rings. The highest BCUT2D eigenvalue weighted by Crippen LogP contribution is 2.47. The Balaban J connectivity index is 2.12. The van der Waals surface area contributed by atoms with Gasteiger partial charge in [-0.3, -0.25) is 4.79 Å². The molecule has 2 aliphatic carbocycles. The van der Waals surface area contributed by atoms with Crippen LogP contribution in [-0.2, 0) is 9.53 Å². The van der Waals surface area contributed by atoms with E-state index in [1.807, 2.05) is 0 Å². The first-order chi connectivity index (χ1) is 5.74. The minimum Gasteiger partial charge on any atom is -0.469 e. The number of hydrogen-bond acceptors (Lipinski definition) is 3. The molecule has 0 spiro atoms. The molecule has 0 amide bonds. The summed E-state index contributed by atoms with van der Waals surface area (Å²) in [4.78, 5) is 11.3. The number of methoxy groups -OCH3 is 1. The normalized spacial score (nSPS) is 44.8. The van der Waals surface area contributed by atoms with Crippen molar-refractivity contribution in [1.82, 2.24) is 0 Å². The predicted molar refractivity (Wildman–Crippen MR) is 44.3 cm³/mol. The molecule has 3 heteroatoms. The van der Waals surface area contributed by atoms with Crippen LogP contribution in [-0.4, -0.2) is 19.1 Å². The Bertz CT molecular complexity index is 203. The maximum atomic E-state index is 11.3. The molecule has 68 valence electrons. The van der Waals surface area contributed by atoms with Crippen molar-refractivity contribution in [3.8, 4) is 0 Å². The van der Waals surface area contributed by atoms with Gasteiger partial charge >= 0.3 is 5.97 Å². The smallest absolute Gasteiger partial charge is 0.310 e. The number of nitrogens with two attached hydrogens (primary N) is 1. The lowest BCUT2D eigenvalue weighted by atomic mass is 9.85. The molecule has 0 saturated heterocycles. The molecule has 12 heavy (non-hydrogen) atoms. The van der Waals surface area contributed by atoms with Crippen molar-refractivity contribution >= 4 is 5.97 Å². The first kappa shape index (κ1) is 8.05. The number of hydrogen-bond donors (Lipinski definition) is 1. The molecule has 2 bridgehead atoms. The zero-order chi connectivity index (χ0) is 8.72. The van der Waals surface area contributed by atoms with Crippen molar-refractivity contribution in [2.75, 3.05) is 7.11 Å². The Labute approximate surface area is 72.3 Å². The van der Waals surface area contributed by atoms with Crippen molar-refractivity contribution in [1.29, 1.82) is 0 Å². The van der Waals surface area contributed by atoms with Gasteiger partial charge in [-0.1, -0.05) is 0 Å². The van der Waals surface area contributed by atoms with Crippen molar-refractivity contribution in [3.63, 3.8) is 0 Å². The fourth-order valence-electron chi connectivity index (χ4n) is 2.82. The van der Waals surface area contributed by atoms with Gasteiger partial charge in [0.05, 0.1) is 13.0 Å². The van der Waals surface area contributed by atoms with Crippen LogP contribution < -0.4 is 5.73 Å². The second kappa shape index (κ2) is 2.73. The minimum absolute atomic E-state index is 0.00579. The molecular weight excluding hydrogens is 154 g/mol. The van der Waals surface area contributed by atoms with Crippen LogP contribution in [0.25, 0.3) is 0 Å². The third kappa shape index (κ3) is 0.959. The van der Waals surface area contributed by atoms with Crippen LogP contribution >= 0.6 is 0 Å². The van der Waals surface area contributed by atoms with Gasteiger partial charge in [0, 0.05) is 6.04 Å². The number of fused-ring (bicyclic) bond motifs is 2. The Morgan fingerprint density at radius 1 is 1.42 bits per heavy atom. The predicted octanol–water partition coefficient (Wildman–Crippen LogP) is 0.533. The highest BCUT2D eigenvalue weighted by molar-refractivity contribution is 5.74. The minimum atomic E-state index is -0.102. The lowest BCUT2D eigenvalue weighted by molar-refractivity contribution is -0.147. The van der Waals surface area contributed by atoms with E-state index in [9.17, 15) is 4.79 Å². The molecular formula is C9H15NO2. The summed E-state index contributed by atoms with van der Waals surface area (Å²) in [6.07, 6.45) is 3.51. The second-order valence-corrected chi connectivity index (χ2v) is 3.96. The highest BCUT2D eigenvalue weighted by atomic mass is 16.5. The van der Waals surface area contributed by atoms with Crippen molar-refractivity contribution in [2.45, 2.75) is 25.3 Å². The van der Waals surface area contributed by atoms with Gasteiger partial charge in [0.25, 0.3) is 0 Å². The van der Waals surface area contributed by atoms with E-state index in [-0.39, 0.29) is 17.9 Å². The van der Waals surface area contributed by atoms with Crippen LogP contribution in [0.2, 0.25) is 0 Å². The van der Waals surface area contributed by atoms with E-state index in [1.54, 1.807) is 0 Å². The standard InChI is InChI=1S/C9H15NO2/c1-12-9(11)7-5-2-3-6(4-5)8(7)10/h5-8H,2-4,10H2,1H3/t5-,6+,7+,8+/m1/s1. The monoisotopic (exact) mass is 169 g/mol. The molecule has 2 aliphatic rings. The van der Waals surface area contributed by atoms with Gasteiger partial charge < -0.3 is 10.5 Å². The highest BCUT2D eigenvalue weighted by Gasteiger charge is 2.49. The second-order valence-electron chi connectivity index (χ2n) is 3.96. The molecule has 0 radical (unpaired) electrons. The Hall–Kier alpha value is -0.570. The Morgan fingerprint density at radius 3 is 2.58 bits per heavy atom. The quantitative estimate of drug-likeness (QED) is 0.583. The summed E-state index contributed by atoms with van der Waals surface area (Å²) in [6, 6.07) is 0.0659. The molecule has 0 aliphatic heterocycles. The molecule has 2 rings (SSSR count). The van der Waals surface area contributed by atoms with Crippen molar-refractivity contribution < 1.29 is 9.53 Å². The molecule has 3 nitrogen and oxygen atoms in total. The fourth-order valence-corrected chi connectivity index (χ4v) is 2.82. The SMILES string of the molecule is COC(=O)[C@H]1[C@@H]2CC[C@@H](C2)[C@@H]1N. The summed E-state index contributed by atoms with van der Waals surface area (Å²) < 4.78 is 4.74. The van der Waals surface area contributed by atoms with E-state index in [4.69, 9.17) is 10.5 Å². The van der Waals surface area contributed by atoms with Crippen molar-refractivity contribution in [2.24, 2.45) is 23.5 Å². The zero-order valence-corrected chi connectivity index (χ0v) is 7.32. The third-order valence-corrected chi connectivity index (χ3v) is 3.45. The number of rotatable bonds is 1. The number of esters is 1. The summed E-state index contributed by atoms with van der Waals surface area (Å²) in [5.41, 5.74) is 5.94. The van der Waals surface area contributed by atoms with E-state index < -0.39 is 0 Å². The lowest BCUT2D eigenvalue weighted by Gasteiger charge is -2.25. The lowest BCUT2D eigenvalue weighted by Crippen LogP contribution is -2.40. The van der Waals surface area contributed by atoms with Crippen LogP contribution in [0.1, 0.15) is 19.3 Å². The van der Waals surface area contributed by atoms with Gasteiger partial charge in [-0.25, -0.2) is 0 Å². The average Bonchev–Trinajstić information content (AvgIpc) is 2.63. The summed E-state index contributed by atoms with van der Waals surface area (Å²) in [7, 11) is 1.45. The molecule has 0 aromatic heterocycles. The van der Waals surface area contributed by atoms with Gasteiger partial charge in [0.15, 0.2) is 0 Å². The Kier molecular flexibility index (Phi) is 1.83. The fraction of sp³-hybridized carbons (Fsp3) is 0.889. The molecule has 0 aromatic carbocycles. The summed E-state index contributed by atoms with van der Waals surface area (Å²) >= 11 is 0. The van der Waals surface area contributed by atoms with Gasteiger partial charge in [0.1, 0.15) is 0 Å². The van der Waals surface area contributed by atoms with Crippen LogP contribution in [0, 0.1) is 17.8 Å². The first-order valence-corrected chi connectivity index (χ1v) is 4.57. The van der Waals surface area contributed by atoms with Crippen molar-refractivity contribution in [3.05, 3.63) is 0 Å². The zero-order valence-electron chi connectivity index (χ0n) is 7.32. The molecule has 2 saturated carbocycles. The summed E-state index contributed by atoms with van der Waals surface area (Å²) in [6.45, 7) is 0.